The van der Waals surface area contributed by atoms with Gasteiger partial charge in [0.2, 0.25) is 0 Å². The number of hydrogen-bond acceptors (Lipinski definition) is 0. The molecule has 0 atom stereocenters. The first kappa shape index (κ1) is 4.44. The quantitative estimate of drug-likeness (QED) is 0.443. The molecular formula is C4H9FS. The summed E-state index contributed by atoms with van der Waals surface area (Å²) in [5.41, 5.74) is 0. The molecule has 1 aliphatic rings. The maximum absolute atomic E-state index is 12.3. The molecule has 0 bridgehead atoms. The first-order chi connectivity index (χ1) is 2.71. The van der Waals surface area contributed by atoms with Gasteiger partial charge in [-0.15, -0.1) is 0 Å². The monoisotopic (exact) mass is 108 g/mol. The fourth-order valence-corrected chi connectivity index (χ4v) is 1.63. The van der Waals surface area contributed by atoms with Crippen molar-refractivity contribution in [3.8, 4) is 0 Å². The molecule has 1 fully saturated rings. The fraction of sp³-hybridized carbons (Fsp3) is 1.00. The van der Waals surface area contributed by atoms with Crippen LogP contribution in [-0.2, 0) is 0 Å². The highest BCUT2D eigenvalue weighted by Gasteiger charge is 2.24. The minimum absolute atomic E-state index is 0.868. The topological polar surface area (TPSA) is 0 Å². The Balaban J connectivity index is 2.31. The van der Waals surface area contributed by atoms with Crippen LogP contribution < -0.4 is 0 Å². The molecule has 0 radical (unpaired) electrons. The zero-order valence-corrected chi connectivity index (χ0v) is 4.72. The van der Waals surface area contributed by atoms with Crippen LogP contribution in [0.2, 0.25) is 0 Å². The van der Waals surface area contributed by atoms with Crippen LogP contribution in [-0.4, -0.2) is 17.8 Å². The molecule has 0 aliphatic carbocycles. The van der Waals surface area contributed by atoms with Gasteiger partial charge in [0, 0.05) is 11.5 Å². The van der Waals surface area contributed by atoms with Gasteiger partial charge in [0.1, 0.15) is 0 Å². The van der Waals surface area contributed by atoms with Crippen molar-refractivity contribution in [2.75, 3.05) is 17.8 Å². The number of rotatable bonds is 0. The normalized spacial score (nSPS) is 34.3. The van der Waals surface area contributed by atoms with Crippen molar-refractivity contribution in [3.05, 3.63) is 0 Å². The van der Waals surface area contributed by atoms with Crippen LogP contribution in [0.15, 0.2) is 0 Å². The predicted octanol–water partition coefficient (Wildman–Crippen LogP) is 1.71. The van der Waals surface area contributed by atoms with Gasteiger partial charge >= 0.3 is 0 Å². The summed E-state index contributed by atoms with van der Waals surface area (Å²) in [6.45, 7) is 0. The van der Waals surface area contributed by atoms with Crippen LogP contribution in [0.5, 0.6) is 0 Å². The van der Waals surface area contributed by atoms with Gasteiger partial charge in [-0.1, -0.05) is 10.4 Å². The average molecular weight is 108 g/mol. The minimum atomic E-state index is -1.48. The van der Waals surface area contributed by atoms with Crippen molar-refractivity contribution >= 4 is 10.4 Å². The van der Waals surface area contributed by atoms with E-state index >= 15 is 0 Å². The molecule has 0 N–H and O–H groups in total. The summed E-state index contributed by atoms with van der Waals surface area (Å²) in [5, 5.41) is 0. The number of halogens is 1. The molecule has 6 heavy (non-hydrogen) atoms. The fourth-order valence-electron chi connectivity index (χ4n) is 0.542. The van der Waals surface area contributed by atoms with Crippen LogP contribution in [0.3, 0.4) is 0 Å². The van der Waals surface area contributed by atoms with Crippen molar-refractivity contribution in [1.29, 1.82) is 0 Å². The summed E-state index contributed by atoms with van der Waals surface area (Å²) in [6, 6.07) is 0. The van der Waals surface area contributed by atoms with Crippen molar-refractivity contribution in [3.63, 3.8) is 0 Å². The molecule has 1 saturated heterocycles. The van der Waals surface area contributed by atoms with Gasteiger partial charge in [0.25, 0.3) is 0 Å². The third kappa shape index (κ3) is 0.672. The van der Waals surface area contributed by atoms with Gasteiger partial charge in [-0.25, -0.2) is 0 Å². The summed E-state index contributed by atoms with van der Waals surface area (Å²) in [5.74, 6) is 1.74. The molecule has 38 valence electrons. The van der Waals surface area contributed by atoms with E-state index in [1.54, 1.807) is 6.26 Å². The van der Waals surface area contributed by atoms with Gasteiger partial charge in [0.15, 0.2) is 0 Å². The third-order valence-corrected chi connectivity index (χ3v) is 3.42. The molecule has 0 nitrogen and oxygen atoms in total. The van der Waals surface area contributed by atoms with Crippen LogP contribution in [0, 0.1) is 0 Å². The zero-order valence-electron chi connectivity index (χ0n) is 3.91. The van der Waals surface area contributed by atoms with Crippen LogP contribution >= 0.6 is 10.4 Å². The standard InChI is InChI=1S/C4H9FS/c1-6(5)3-2-4-6/h2-4H2,1H3. The van der Waals surface area contributed by atoms with Crippen LogP contribution in [0.4, 0.5) is 3.89 Å². The molecule has 1 rings (SSSR count). The van der Waals surface area contributed by atoms with E-state index in [-0.39, 0.29) is 0 Å². The molecule has 1 aliphatic heterocycles. The molecule has 2 heteroatoms. The summed E-state index contributed by atoms with van der Waals surface area (Å²) in [6.07, 6.45) is 2.87. The first-order valence-corrected chi connectivity index (χ1v) is 4.42. The van der Waals surface area contributed by atoms with Gasteiger partial charge in [-0.3, -0.25) is 0 Å². The number of hydrogen-bond donors (Lipinski definition) is 0. The lowest BCUT2D eigenvalue weighted by Gasteiger charge is -2.34. The average Bonchev–Trinajstić information content (AvgIpc) is 1.32. The minimum Gasteiger partial charge on any atom is -0.190 e. The Kier molecular flexibility index (Phi) is 0.831. The molecule has 0 amide bonds. The predicted molar refractivity (Wildman–Crippen MR) is 29.0 cm³/mol. The summed E-state index contributed by atoms with van der Waals surface area (Å²) in [4.78, 5) is 0. The Labute approximate surface area is 39.3 Å². The Hall–Kier alpha value is 0.280. The second kappa shape index (κ2) is 1.12. The zero-order chi connectivity index (χ0) is 4.62. The van der Waals surface area contributed by atoms with E-state index < -0.39 is 10.4 Å². The van der Waals surface area contributed by atoms with Gasteiger partial charge in [0.05, 0.1) is 0 Å². The lowest BCUT2D eigenvalue weighted by atomic mass is 10.5. The van der Waals surface area contributed by atoms with E-state index in [9.17, 15) is 3.89 Å². The second-order valence-electron chi connectivity index (χ2n) is 1.92. The van der Waals surface area contributed by atoms with E-state index in [1.807, 2.05) is 0 Å². The Morgan fingerprint density at radius 2 is 1.83 bits per heavy atom. The highest BCUT2D eigenvalue weighted by Crippen LogP contribution is 2.54. The SMILES string of the molecule is CS1(F)CCC1. The summed E-state index contributed by atoms with van der Waals surface area (Å²) in [7, 11) is -1.48. The molecule has 0 unspecified atom stereocenters. The van der Waals surface area contributed by atoms with Gasteiger partial charge in [-0.05, 0) is 12.7 Å². The Bertz CT molecular complexity index is 54.6. The van der Waals surface area contributed by atoms with Crippen LogP contribution in [0.25, 0.3) is 0 Å². The van der Waals surface area contributed by atoms with E-state index in [4.69, 9.17) is 0 Å². The lowest BCUT2D eigenvalue weighted by Crippen LogP contribution is -2.14. The van der Waals surface area contributed by atoms with Crippen molar-refractivity contribution in [2.45, 2.75) is 6.42 Å². The largest absolute Gasteiger partial charge is 0.190 e. The van der Waals surface area contributed by atoms with Gasteiger partial charge in [-0.2, -0.15) is 3.89 Å². The van der Waals surface area contributed by atoms with Gasteiger partial charge < -0.3 is 0 Å². The van der Waals surface area contributed by atoms with E-state index in [0.717, 1.165) is 17.9 Å². The smallest absolute Gasteiger partial charge is 0.00412 e. The van der Waals surface area contributed by atoms with Crippen molar-refractivity contribution in [2.24, 2.45) is 0 Å². The van der Waals surface area contributed by atoms with Crippen LogP contribution in [0.1, 0.15) is 6.42 Å². The van der Waals surface area contributed by atoms with Crippen molar-refractivity contribution in [1.82, 2.24) is 0 Å². The summed E-state index contributed by atoms with van der Waals surface area (Å²) >= 11 is 0. The highest BCUT2D eigenvalue weighted by atomic mass is 32.3. The second-order valence-corrected chi connectivity index (χ2v) is 5.04. The van der Waals surface area contributed by atoms with E-state index in [1.165, 1.54) is 0 Å². The van der Waals surface area contributed by atoms with E-state index in [2.05, 4.69) is 0 Å². The lowest BCUT2D eigenvalue weighted by molar-refractivity contribution is 0.826. The molecule has 0 aromatic carbocycles. The molecule has 0 aromatic rings. The first-order valence-electron chi connectivity index (χ1n) is 2.14. The maximum atomic E-state index is 12.3. The molecule has 0 saturated carbocycles. The molecule has 0 aromatic heterocycles. The summed E-state index contributed by atoms with van der Waals surface area (Å²) < 4.78 is 12.3. The molecular weight excluding hydrogens is 99.1 g/mol. The Morgan fingerprint density at radius 1 is 1.50 bits per heavy atom. The molecule has 1 heterocycles. The highest BCUT2D eigenvalue weighted by molar-refractivity contribution is 8.30. The maximum Gasteiger partial charge on any atom is 0.00412 e. The Morgan fingerprint density at radius 3 is 1.83 bits per heavy atom. The van der Waals surface area contributed by atoms with E-state index in [0.29, 0.717) is 0 Å². The third-order valence-electron chi connectivity index (χ3n) is 1.14. The molecule has 0 spiro atoms. The van der Waals surface area contributed by atoms with Crippen molar-refractivity contribution < 1.29 is 3.89 Å².